The second kappa shape index (κ2) is 6.79. The summed E-state index contributed by atoms with van der Waals surface area (Å²) < 4.78 is 1.83. The number of imidazole rings is 1. The van der Waals surface area contributed by atoms with Gasteiger partial charge >= 0.3 is 0 Å². The van der Waals surface area contributed by atoms with Gasteiger partial charge in [-0.2, -0.15) is 0 Å². The molecule has 0 bridgehead atoms. The number of hydrogen-bond donors (Lipinski definition) is 1. The summed E-state index contributed by atoms with van der Waals surface area (Å²) in [5, 5.41) is 10.2. The zero-order chi connectivity index (χ0) is 16.3. The topological polar surface area (TPSA) is 61.6 Å². The number of aliphatic hydroxyl groups is 1. The van der Waals surface area contributed by atoms with Crippen molar-refractivity contribution in [2.24, 2.45) is 5.41 Å². The lowest BCUT2D eigenvalue weighted by atomic mass is 9.89. The Labute approximate surface area is 132 Å². The summed E-state index contributed by atoms with van der Waals surface area (Å²) in [5.41, 5.74) is -0.108. The number of hydrogen-bond acceptors (Lipinski definition) is 4. The van der Waals surface area contributed by atoms with E-state index < -0.39 is 0 Å². The molecule has 1 amide bonds. The number of carbonyl (C=O) groups excluding carboxylic acids is 1. The highest BCUT2D eigenvalue weighted by Crippen LogP contribution is 2.20. The molecule has 6 nitrogen and oxygen atoms in total. The van der Waals surface area contributed by atoms with E-state index in [9.17, 15) is 9.90 Å². The van der Waals surface area contributed by atoms with Crippen LogP contribution in [-0.2, 0) is 4.79 Å². The molecule has 1 saturated heterocycles. The van der Waals surface area contributed by atoms with Gasteiger partial charge in [-0.25, -0.2) is 4.98 Å². The molecule has 1 fully saturated rings. The molecule has 0 unspecified atom stereocenters. The van der Waals surface area contributed by atoms with Crippen molar-refractivity contribution in [1.82, 2.24) is 19.4 Å². The van der Waals surface area contributed by atoms with Crippen LogP contribution in [0.5, 0.6) is 0 Å². The van der Waals surface area contributed by atoms with E-state index >= 15 is 0 Å². The molecule has 1 N–H and O–H groups in total. The van der Waals surface area contributed by atoms with Gasteiger partial charge in [0, 0.05) is 45.1 Å². The molecule has 1 aliphatic rings. The van der Waals surface area contributed by atoms with Crippen molar-refractivity contribution in [2.75, 3.05) is 32.7 Å². The van der Waals surface area contributed by atoms with Crippen LogP contribution >= 0.6 is 0 Å². The fourth-order valence-corrected chi connectivity index (χ4v) is 2.56. The quantitative estimate of drug-likeness (QED) is 0.901. The lowest BCUT2D eigenvalue weighted by molar-refractivity contribution is -0.136. The zero-order valence-corrected chi connectivity index (χ0v) is 14.1. The van der Waals surface area contributed by atoms with E-state index in [2.05, 4.69) is 9.88 Å². The number of nitrogens with zero attached hydrogens (tertiary/aromatic N) is 4. The molecule has 0 aliphatic carbocycles. The van der Waals surface area contributed by atoms with Gasteiger partial charge in [-0.15, -0.1) is 0 Å². The maximum absolute atomic E-state index is 12.5. The Morgan fingerprint density at radius 1 is 1.27 bits per heavy atom. The first-order valence-electron chi connectivity index (χ1n) is 7.95. The van der Waals surface area contributed by atoms with Gasteiger partial charge in [0.1, 0.15) is 6.04 Å². The molecule has 1 aliphatic heterocycles. The molecule has 22 heavy (non-hydrogen) atoms. The Morgan fingerprint density at radius 2 is 1.91 bits per heavy atom. The van der Waals surface area contributed by atoms with E-state index in [-0.39, 0.29) is 23.5 Å². The van der Waals surface area contributed by atoms with Crippen molar-refractivity contribution >= 4 is 5.91 Å². The minimum Gasteiger partial charge on any atom is -0.391 e. The molecule has 124 valence electrons. The number of rotatable bonds is 4. The smallest absolute Gasteiger partial charge is 0.245 e. The van der Waals surface area contributed by atoms with E-state index in [1.807, 2.05) is 43.4 Å². The van der Waals surface area contributed by atoms with Crippen LogP contribution < -0.4 is 0 Å². The average molecular weight is 308 g/mol. The third kappa shape index (κ3) is 4.08. The third-order valence-corrected chi connectivity index (χ3v) is 4.44. The van der Waals surface area contributed by atoms with Gasteiger partial charge in [0.25, 0.3) is 0 Å². The lowest BCUT2D eigenvalue weighted by Crippen LogP contribution is -2.52. The molecule has 1 aromatic rings. The first-order valence-corrected chi connectivity index (χ1v) is 7.95. The predicted octanol–water partition coefficient (Wildman–Crippen LogP) is 0.995. The normalized spacial score (nSPS) is 20.0. The van der Waals surface area contributed by atoms with Crippen molar-refractivity contribution in [3.63, 3.8) is 0 Å². The maximum atomic E-state index is 12.5. The fraction of sp³-hybridized carbons (Fsp3) is 0.750. The second-order valence-corrected chi connectivity index (χ2v) is 7.19. The summed E-state index contributed by atoms with van der Waals surface area (Å²) in [4.78, 5) is 20.6. The lowest BCUT2D eigenvalue weighted by Gasteiger charge is -2.38. The molecule has 6 heteroatoms. The van der Waals surface area contributed by atoms with Crippen molar-refractivity contribution in [1.29, 1.82) is 0 Å². The molecular weight excluding hydrogens is 280 g/mol. The van der Waals surface area contributed by atoms with Gasteiger partial charge in [0.2, 0.25) is 5.91 Å². The van der Waals surface area contributed by atoms with Gasteiger partial charge in [0.15, 0.2) is 0 Å². The Balaban J connectivity index is 1.83. The zero-order valence-electron chi connectivity index (χ0n) is 14.1. The largest absolute Gasteiger partial charge is 0.391 e. The number of amides is 1. The van der Waals surface area contributed by atoms with E-state index in [0.717, 1.165) is 13.1 Å². The monoisotopic (exact) mass is 308 g/mol. The number of β-amino-alcohol motifs (C(OH)–C–C–N with tert-alkyl or cyclic N) is 1. The molecule has 1 aromatic heterocycles. The van der Waals surface area contributed by atoms with Crippen molar-refractivity contribution in [2.45, 2.75) is 39.8 Å². The Kier molecular flexibility index (Phi) is 5.24. The van der Waals surface area contributed by atoms with Gasteiger partial charge < -0.3 is 14.6 Å². The van der Waals surface area contributed by atoms with Gasteiger partial charge in [-0.05, 0) is 12.3 Å². The van der Waals surface area contributed by atoms with Crippen molar-refractivity contribution in [3.05, 3.63) is 18.7 Å². The van der Waals surface area contributed by atoms with Gasteiger partial charge in [-0.1, -0.05) is 20.8 Å². The Bertz CT molecular complexity index is 473. The number of aliphatic hydroxyl groups excluding tert-OH is 1. The van der Waals surface area contributed by atoms with Crippen LogP contribution in [0.4, 0.5) is 0 Å². The summed E-state index contributed by atoms with van der Waals surface area (Å²) in [5.74, 6) is 0.133. The summed E-state index contributed by atoms with van der Waals surface area (Å²) >= 11 is 0. The summed E-state index contributed by atoms with van der Waals surface area (Å²) in [6.07, 6.45) is 4.84. The standard InChI is InChI=1S/C16H28N4O2/c1-13(20-6-5-17-12-20)15(22)19-9-7-18(8-10-19)11-14(21)16(2,3)4/h5-6,12-14,21H,7-11H2,1-4H3/t13-,14+/m1/s1. The first-order chi connectivity index (χ1) is 10.3. The van der Waals surface area contributed by atoms with Gasteiger partial charge in [0.05, 0.1) is 12.4 Å². The molecule has 0 radical (unpaired) electrons. The van der Waals surface area contributed by atoms with E-state index in [4.69, 9.17) is 0 Å². The fourth-order valence-electron chi connectivity index (χ4n) is 2.56. The van der Waals surface area contributed by atoms with E-state index in [0.29, 0.717) is 19.6 Å². The van der Waals surface area contributed by atoms with Crippen LogP contribution in [0.3, 0.4) is 0 Å². The molecule has 2 atom stereocenters. The van der Waals surface area contributed by atoms with Crippen LogP contribution in [0.15, 0.2) is 18.7 Å². The number of aromatic nitrogens is 2. The minimum atomic E-state index is -0.348. The molecule has 2 rings (SSSR count). The van der Waals surface area contributed by atoms with Crippen LogP contribution in [0, 0.1) is 5.41 Å². The van der Waals surface area contributed by atoms with Crippen LogP contribution in [0.1, 0.15) is 33.7 Å². The van der Waals surface area contributed by atoms with Crippen molar-refractivity contribution in [3.8, 4) is 0 Å². The number of piperazine rings is 1. The van der Waals surface area contributed by atoms with Crippen LogP contribution in [0.25, 0.3) is 0 Å². The minimum absolute atomic E-state index is 0.108. The average Bonchev–Trinajstić information content (AvgIpc) is 2.99. The van der Waals surface area contributed by atoms with Gasteiger partial charge in [-0.3, -0.25) is 9.69 Å². The summed E-state index contributed by atoms with van der Waals surface area (Å²) in [6, 6.07) is -0.214. The first kappa shape index (κ1) is 17.0. The summed E-state index contributed by atoms with van der Waals surface area (Å²) in [7, 11) is 0. The second-order valence-electron chi connectivity index (χ2n) is 7.19. The highest BCUT2D eigenvalue weighted by atomic mass is 16.3. The molecule has 2 heterocycles. The van der Waals surface area contributed by atoms with Crippen LogP contribution in [-0.4, -0.2) is 69.2 Å². The van der Waals surface area contributed by atoms with Crippen molar-refractivity contribution < 1.29 is 9.90 Å². The SMILES string of the molecule is C[C@H](C(=O)N1CCN(C[C@H](O)C(C)(C)C)CC1)n1ccnc1. The van der Waals surface area contributed by atoms with E-state index in [1.165, 1.54) is 0 Å². The van der Waals surface area contributed by atoms with E-state index in [1.54, 1.807) is 12.5 Å². The Morgan fingerprint density at radius 3 is 2.41 bits per heavy atom. The predicted molar refractivity (Wildman–Crippen MR) is 85.4 cm³/mol. The number of carbonyl (C=O) groups is 1. The maximum Gasteiger partial charge on any atom is 0.245 e. The highest BCUT2D eigenvalue weighted by molar-refractivity contribution is 5.80. The molecule has 0 spiro atoms. The van der Waals surface area contributed by atoms with Crippen LogP contribution in [0.2, 0.25) is 0 Å². The molecule has 0 aromatic carbocycles. The Hall–Kier alpha value is -1.40. The molecular formula is C16H28N4O2. The molecule has 0 saturated carbocycles. The highest BCUT2D eigenvalue weighted by Gasteiger charge is 2.29. The third-order valence-electron chi connectivity index (χ3n) is 4.44. The summed E-state index contributed by atoms with van der Waals surface area (Å²) in [6.45, 7) is 11.8.